The maximum atomic E-state index is 12.7. The number of nitrogens with zero attached hydrogens (tertiary/aromatic N) is 1. The van der Waals surface area contributed by atoms with Crippen molar-refractivity contribution in [2.24, 2.45) is 0 Å². The molecule has 0 aliphatic heterocycles. The third kappa shape index (κ3) is 7.19. The maximum Gasteiger partial charge on any atom is 0.272 e. The number of hydrogen-bond acceptors (Lipinski definition) is 6. The normalized spacial score (nSPS) is 12.2. The highest BCUT2D eigenvalue weighted by Crippen LogP contribution is 2.27. The first-order valence-electron chi connectivity index (χ1n) is 8.90. The zero-order valence-corrected chi connectivity index (χ0v) is 19.6. The van der Waals surface area contributed by atoms with E-state index in [1.165, 1.54) is 11.8 Å². The van der Waals surface area contributed by atoms with Crippen molar-refractivity contribution in [3.63, 3.8) is 0 Å². The Morgan fingerprint density at radius 3 is 2.83 bits per heavy atom. The van der Waals surface area contributed by atoms with Gasteiger partial charge in [0, 0.05) is 23.2 Å². The summed E-state index contributed by atoms with van der Waals surface area (Å²) in [4.78, 5) is 17.2. The number of nitrogens with one attached hydrogen (secondary N) is 1. The lowest BCUT2D eigenvalue weighted by atomic mass is 10.1. The van der Waals surface area contributed by atoms with Crippen molar-refractivity contribution in [3.05, 3.63) is 34.4 Å². The first-order valence-corrected chi connectivity index (χ1v) is 11.0. The molecule has 1 aromatic carbocycles. The van der Waals surface area contributed by atoms with Crippen molar-refractivity contribution in [2.75, 3.05) is 26.8 Å². The van der Waals surface area contributed by atoms with E-state index in [0.29, 0.717) is 5.75 Å². The fourth-order valence-electron chi connectivity index (χ4n) is 2.60. The average molecular weight is 481 g/mol. The number of ether oxygens (including phenoxy) is 3. The predicted molar refractivity (Wildman–Crippen MR) is 120 cm³/mol. The zero-order valence-electron chi connectivity index (χ0n) is 17.2. The molecule has 1 aromatic heterocycles. The van der Waals surface area contributed by atoms with Crippen molar-refractivity contribution in [1.29, 1.82) is 0 Å². The summed E-state index contributed by atoms with van der Waals surface area (Å²) in [6.45, 7) is 6.04. The van der Waals surface area contributed by atoms with E-state index in [1.54, 1.807) is 13.3 Å². The topological polar surface area (TPSA) is 69.7 Å². The molecule has 1 amide bonds. The van der Waals surface area contributed by atoms with Gasteiger partial charge in [-0.3, -0.25) is 9.78 Å². The van der Waals surface area contributed by atoms with E-state index in [2.05, 4.69) is 38.1 Å². The summed E-state index contributed by atoms with van der Waals surface area (Å²) in [7, 11) is 1.55. The molecule has 0 aliphatic carbocycles. The number of methoxy groups -OCH3 is 1. The minimum Gasteiger partial charge on any atom is -0.470 e. The van der Waals surface area contributed by atoms with Crippen LogP contribution in [0.25, 0.3) is 10.9 Å². The Kier molecular flexibility index (Phi) is 8.78. The molecule has 1 N–H and O–H groups in total. The lowest BCUT2D eigenvalue weighted by molar-refractivity contribution is -0.125. The average Bonchev–Trinajstić information content (AvgIpc) is 2.65. The lowest BCUT2D eigenvalue weighted by Gasteiger charge is -2.24. The fourth-order valence-corrected chi connectivity index (χ4v) is 3.43. The van der Waals surface area contributed by atoms with Crippen LogP contribution in [0.15, 0.2) is 28.9 Å². The molecule has 0 saturated carbocycles. The van der Waals surface area contributed by atoms with Crippen LogP contribution in [0.1, 0.15) is 19.4 Å². The largest absolute Gasteiger partial charge is 0.470 e. The van der Waals surface area contributed by atoms with Gasteiger partial charge >= 0.3 is 0 Å². The number of amides is 1. The van der Waals surface area contributed by atoms with Gasteiger partial charge in [0.25, 0.3) is 5.91 Å². The molecule has 0 spiro atoms. The summed E-state index contributed by atoms with van der Waals surface area (Å²) in [6, 6.07) is 5.74. The number of pyridine rings is 1. The number of hydrogen-bond donors (Lipinski definition) is 1. The number of fused-ring (bicyclic) bond motifs is 1. The van der Waals surface area contributed by atoms with Crippen LogP contribution in [0.5, 0.6) is 5.75 Å². The van der Waals surface area contributed by atoms with Crippen molar-refractivity contribution < 1.29 is 19.0 Å². The van der Waals surface area contributed by atoms with Gasteiger partial charge in [-0.15, -0.1) is 11.8 Å². The Balaban J connectivity index is 2.09. The molecule has 2 rings (SSSR count). The van der Waals surface area contributed by atoms with Crippen LogP contribution in [-0.4, -0.2) is 48.6 Å². The monoisotopic (exact) mass is 480 g/mol. The van der Waals surface area contributed by atoms with E-state index < -0.39 is 11.0 Å². The number of aromatic nitrogens is 1. The smallest absolute Gasteiger partial charge is 0.272 e. The Morgan fingerprint density at radius 2 is 2.14 bits per heavy atom. The number of rotatable bonds is 8. The number of carbonyl (C=O) groups is 1. The van der Waals surface area contributed by atoms with Gasteiger partial charge in [0.05, 0.1) is 11.1 Å². The Hall–Kier alpha value is -1.79. The summed E-state index contributed by atoms with van der Waals surface area (Å²) >= 11 is 4.75. The van der Waals surface area contributed by atoms with E-state index in [1.807, 2.05) is 45.2 Å². The molecule has 1 unspecified atom stereocenters. The summed E-state index contributed by atoms with van der Waals surface area (Å²) < 4.78 is 16.8. The first-order chi connectivity index (χ1) is 13.8. The fraction of sp³-hybridized carbons (Fsp3) is 0.429. The molecule has 0 bridgehead atoms. The zero-order chi connectivity index (χ0) is 21.4. The molecule has 156 valence electrons. The summed E-state index contributed by atoms with van der Waals surface area (Å²) in [5.41, 5.74) is 0.446. The lowest BCUT2D eigenvalue weighted by Crippen LogP contribution is -2.47. The number of benzene rings is 1. The second kappa shape index (κ2) is 10.8. The van der Waals surface area contributed by atoms with Gasteiger partial charge in [-0.05, 0) is 66.7 Å². The van der Waals surface area contributed by atoms with Crippen molar-refractivity contribution >= 4 is 44.5 Å². The molecule has 1 atom stereocenters. The minimum absolute atomic E-state index is 0.182. The van der Waals surface area contributed by atoms with Crippen molar-refractivity contribution in [1.82, 2.24) is 10.3 Å². The first kappa shape index (κ1) is 23.5. The summed E-state index contributed by atoms with van der Waals surface area (Å²) in [5, 5.41) is 3.86. The number of carbonyl (C=O) groups excluding carboxylic acids is 1. The Labute approximate surface area is 184 Å². The second-order valence-electron chi connectivity index (χ2n) is 6.82. The molecule has 0 aliphatic rings. The van der Waals surface area contributed by atoms with Crippen LogP contribution in [0.4, 0.5) is 0 Å². The van der Waals surface area contributed by atoms with E-state index in [4.69, 9.17) is 14.2 Å². The highest BCUT2D eigenvalue weighted by Gasteiger charge is 2.25. The number of aryl methyl sites for hydroxylation is 1. The molecule has 0 radical (unpaired) electrons. The molecule has 0 saturated heterocycles. The molecular formula is C21H25BrN2O4S. The van der Waals surface area contributed by atoms with Crippen LogP contribution in [0.3, 0.4) is 0 Å². The molecule has 29 heavy (non-hydrogen) atoms. The third-order valence-corrected chi connectivity index (χ3v) is 4.97. The minimum atomic E-state index is -0.723. The van der Waals surface area contributed by atoms with Crippen LogP contribution >= 0.6 is 27.7 Å². The van der Waals surface area contributed by atoms with E-state index >= 15 is 0 Å². The molecule has 0 fully saturated rings. The quantitative estimate of drug-likeness (QED) is 0.351. The SMILES string of the molecule is COCOCC#CC(C)(C)NC(=O)C(Oc1cc(C)c2ncc(Br)cc2c1)SC. The highest BCUT2D eigenvalue weighted by atomic mass is 79.9. The third-order valence-electron chi connectivity index (χ3n) is 3.80. The molecule has 6 nitrogen and oxygen atoms in total. The van der Waals surface area contributed by atoms with Gasteiger partial charge in [-0.1, -0.05) is 11.8 Å². The van der Waals surface area contributed by atoms with E-state index in [0.717, 1.165) is 20.9 Å². The van der Waals surface area contributed by atoms with E-state index in [9.17, 15) is 4.79 Å². The molecule has 2 aromatic rings. The molecular weight excluding hydrogens is 456 g/mol. The van der Waals surface area contributed by atoms with Gasteiger partial charge in [-0.25, -0.2) is 0 Å². The molecule has 8 heteroatoms. The Morgan fingerprint density at radius 1 is 1.38 bits per heavy atom. The predicted octanol–water partition coefficient (Wildman–Crippen LogP) is 3.89. The highest BCUT2D eigenvalue weighted by molar-refractivity contribution is 9.10. The van der Waals surface area contributed by atoms with Gasteiger partial charge in [-0.2, -0.15) is 0 Å². The number of thioether (sulfide) groups is 1. The maximum absolute atomic E-state index is 12.7. The van der Waals surface area contributed by atoms with Gasteiger partial charge in [0.15, 0.2) is 0 Å². The van der Waals surface area contributed by atoms with Gasteiger partial charge < -0.3 is 19.5 Å². The van der Waals surface area contributed by atoms with Gasteiger partial charge in [0.2, 0.25) is 5.44 Å². The van der Waals surface area contributed by atoms with Crippen LogP contribution in [0.2, 0.25) is 0 Å². The molecule has 1 heterocycles. The van der Waals surface area contributed by atoms with Crippen molar-refractivity contribution in [2.45, 2.75) is 31.7 Å². The second-order valence-corrected chi connectivity index (χ2v) is 8.64. The van der Waals surface area contributed by atoms with Crippen LogP contribution in [-0.2, 0) is 14.3 Å². The van der Waals surface area contributed by atoms with Crippen molar-refractivity contribution in [3.8, 4) is 17.6 Å². The Bertz CT molecular complexity index is 924. The van der Waals surface area contributed by atoms with Crippen LogP contribution < -0.4 is 10.1 Å². The number of halogens is 1. The summed E-state index contributed by atoms with van der Waals surface area (Å²) in [5.74, 6) is 6.23. The van der Waals surface area contributed by atoms with E-state index in [-0.39, 0.29) is 19.3 Å². The van der Waals surface area contributed by atoms with Gasteiger partial charge in [0.1, 0.15) is 19.1 Å². The summed E-state index contributed by atoms with van der Waals surface area (Å²) in [6.07, 6.45) is 3.59. The standard InChI is InChI=1S/C21H25BrN2O4S/c1-14-9-17(11-15-10-16(22)12-23-18(14)15)28-20(29-5)19(25)24-21(2,3)7-6-8-27-13-26-4/h9-12,20H,8,13H2,1-5H3,(H,24,25). The van der Waals surface area contributed by atoms with Crippen LogP contribution in [0, 0.1) is 18.8 Å².